The van der Waals surface area contributed by atoms with Crippen molar-refractivity contribution < 1.29 is 9.53 Å². The van der Waals surface area contributed by atoms with Gasteiger partial charge in [-0.05, 0) is 31.2 Å². The van der Waals surface area contributed by atoms with Gasteiger partial charge in [-0.15, -0.1) is 0 Å². The summed E-state index contributed by atoms with van der Waals surface area (Å²) < 4.78 is 7.72. The molecule has 1 aromatic carbocycles. The SMILES string of the molecule is O=C(N1CCC[C@@H](n2ccnc2)C1)C1(c2ccccc2)CCOCC1. The number of carbonyl (C=O) groups is 1. The lowest BCUT2D eigenvalue weighted by Crippen LogP contribution is -2.52. The summed E-state index contributed by atoms with van der Waals surface area (Å²) in [6.07, 6.45) is 9.34. The van der Waals surface area contributed by atoms with E-state index in [-0.39, 0.29) is 5.91 Å². The largest absolute Gasteiger partial charge is 0.381 e. The number of ether oxygens (including phenoxy) is 1. The van der Waals surface area contributed by atoms with E-state index in [1.807, 2.05) is 36.9 Å². The van der Waals surface area contributed by atoms with Crippen LogP contribution in [-0.4, -0.2) is 46.7 Å². The first kappa shape index (κ1) is 16.3. The smallest absolute Gasteiger partial charge is 0.233 e. The van der Waals surface area contributed by atoms with Crippen LogP contribution < -0.4 is 0 Å². The summed E-state index contributed by atoms with van der Waals surface area (Å²) in [4.78, 5) is 19.9. The number of carbonyl (C=O) groups excluding carboxylic acids is 1. The van der Waals surface area contributed by atoms with Crippen molar-refractivity contribution in [2.75, 3.05) is 26.3 Å². The highest BCUT2D eigenvalue weighted by Gasteiger charge is 2.44. The molecular formula is C20H25N3O2. The second-order valence-electron chi connectivity index (χ2n) is 7.12. The fourth-order valence-electron chi connectivity index (χ4n) is 4.27. The molecule has 0 unspecified atom stereocenters. The Hall–Kier alpha value is -2.14. The molecule has 5 nitrogen and oxygen atoms in total. The lowest BCUT2D eigenvalue weighted by molar-refractivity contribution is -0.143. The number of rotatable bonds is 3. The quantitative estimate of drug-likeness (QED) is 0.864. The summed E-state index contributed by atoms with van der Waals surface area (Å²) in [5, 5.41) is 0. The summed E-state index contributed by atoms with van der Waals surface area (Å²) in [5.74, 6) is 0.270. The number of nitrogens with zero attached hydrogens (tertiary/aromatic N) is 3. The number of amides is 1. The van der Waals surface area contributed by atoms with Crippen molar-refractivity contribution in [1.29, 1.82) is 0 Å². The van der Waals surface area contributed by atoms with Crippen LogP contribution in [0.1, 0.15) is 37.3 Å². The molecule has 2 saturated heterocycles. The Kier molecular flexibility index (Phi) is 4.57. The summed E-state index contributed by atoms with van der Waals surface area (Å²) in [7, 11) is 0. The minimum absolute atomic E-state index is 0.270. The van der Waals surface area contributed by atoms with Crippen molar-refractivity contribution in [1.82, 2.24) is 14.5 Å². The molecule has 25 heavy (non-hydrogen) atoms. The van der Waals surface area contributed by atoms with E-state index in [1.54, 1.807) is 0 Å². The normalized spacial score (nSPS) is 23.4. The van der Waals surface area contributed by atoms with E-state index in [1.165, 1.54) is 0 Å². The fraction of sp³-hybridized carbons (Fsp3) is 0.500. The lowest BCUT2D eigenvalue weighted by Gasteiger charge is -2.43. The van der Waals surface area contributed by atoms with Gasteiger partial charge in [-0.2, -0.15) is 0 Å². The van der Waals surface area contributed by atoms with Crippen molar-refractivity contribution in [3.63, 3.8) is 0 Å². The van der Waals surface area contributed by atoms with Gasteiger partial charge in [0, 0.05) is 38.7 Å². The van der Waals surface area contributed by atoms with Crippen LogP contribution in [0.4, 0.5) is 0 Å². The first-order valence-corrected chi connectivity index (χ1v) is 9.20. The molecule has 0 bridgehead atoms. The molecule has 2 aliphatic heterocycles. The molecule has 0 saturated carbocycles. The van der Waals surface area contributed by atoms with E-state index in [9.17, 15) is 4.79 Å². The van der Waals surface area contributed by atoms with Gasteiger partial charge in [-0.3, -0.25) is 4.79 Å². The van der Waals surface area contributed by atoms with Crippen molar-refractivity contribution in [2.45, 2.75) is 37.1 Å². The maximum Gasteiger partial charge on any atom is 0.233 e. The monoisotopic (exact) mass is 339 g/mol. The van der Waals surface area contributed by atoms with Gasteiger partial charge < -0.3 is 14.2 Å². The molecule has 0 radical (unpaired) electrons. The second kappa shape index (κ2) is 7.00. The molecule has 0 N–H and O–H groups in total. The van der Waals surface area contributed by atoms with Gasteiger partial charge in [0.1, 0.15) is 0 Å². The standard InChI is InChI=1S/C20H25N3O2/c24-19(22-11-4-7-18(15-22)23-12-10-21-16-23)20(8-13-25-14-9-20)17-5-2-1-3-6-17/h1-3,5-6,10,12,16,18H,4,7-9,11,13-15H2/t18-/m1/s1. The van der Waals surface area contributed by atoms with E-state index in [0.717, 1.165) is 44.3 Å². The predicted octanol–water partition coefficient (Wildman–Crippen LogP) is 2.80. The zero-order valence-electron chi connectivity index (χ0n) is 14.5. The van der Waals surface area contributed by atoms with E-state index >= 15 is 0 Å². The number of imidazole rings is 1. The summed E-state index contributed by atoms with van der Waals surface area (Å²) in [6.45, 7) is 2.92. The maximum atomic E-state index is 13.6. The first-order chi connectivity index (χ1) is 12.3. The van der Waals surface area contributed by atoms with Crippen LogP contribution in [0.15, 0.2) is 49.1 Å². The highest BCUT2D eigenvalue weighted by atomic mass is 16.5. The molecule has 0 aliphatic carbocycles. The van der Waals surface area contributed by atoms with Crippen LogP contribution in [-0.2, 0) is 14.9 Å². The molecule has 132 valence electrons. The van der Waals surface area contributed by atoms with Crippen molar-refractivity contribution >= 4 is 5.91 Å². The molecule has 5 heteroatoms. The van der Waals surface area contributed by atoms with Crippen molar-refractivity contribution in [3.05, 3.63) is 54.6 Å². The Morgan fingerprint density at radius 1 is 1.20 bits per heavy atom. The van der Waals surface area contributed by atoms with E-state index in [4.69, 9.17) is 4.74 Å². The Bertz CT molecular complexity index is 693. The Balaban J connectivity index is 1.60. The molecular weight excluding hydrogens is 314 g/mol. The Morgan fingerprint density at radius 3 is 2.72 bits per heavy atom. The molecule has 2 aliphatic rings. The van der Waals surface area contributed by atoms with E-state index in [2.05, 4.69) is 26.6 Å². The number of benzene rings is 1. The molecule has 1 atom stereocenters. The second-order valence-corrected chi connectivity index (χ2v) is 7.12. The van der Waals surface area contributed by atoms with Gasteiger partial charge in [0.25, 0.3) is 0 Å². The Morgan fingerprint density at radius 2 is 2.00 bits per heavy atom. The Labute approximate surface area is 148 Å². The first-order valence-electron chi connectivity index (χ1n) is 9.20. The van der Waals surface area contributed by atoms with Gasteiger partial charge in [0.05, 0.1) is 17.8 Å². The minimum Gasteiger partial charge on any atom is -0.381 e. The van der Waals surface area contributed by atoms with Crippen LogP contribution in [0.2, 0.25) is 0 Å². The third kappa shape index (κ3) is 3.09. The molecule has 4 rings (SSSR count). The van der Waals surface area contributed by atoms with Crippen LogP contribution in [0.25, 0.3) is 0 Å². The van der Waals surface area contributed by atoms with Gasteiger partial charge in [0.15, 0.2) is 0 Å². The van der Waals surface area contributed by atoms with Gasteiger partial charge in [-0.1, -0.05) is 30.3 Å². The van der Waals surface area contributed by atoms with Crippen molar-refractivity contribution in [2.24, 2.45) is 0 Å². The van der Waals surface area contributed by atoms with Crippen LogP contribution >= 0.6 is 0 Å². The topological polar surface area (TPSA) is 47.4 Å². The molecule has 2 fully saturated rings. The number of likely N-dealkylation sites (tertiary alicyclic amines) is 1. The van der Waals surface area contributed by atoms with Crippen LogP contribution in [0.5, 0.6) is 0 Å². The lowest BCUT2D eigenvalue weighted by atomic mass is 9.72. The van der Waals surface area contributed by atoms with Crippen molar-refractivity contribution in [3.8, 4) is 0 Å². The fourth-order valence-corrected chi connectivity index (χ4v) is 4.27. The molecule has 1 amide bonds. The van der Waals surface area contributed by atoms with Gasteiger partial charge >= 0.3 is 0 Å². The third-order valence-corrected chi connectivity index (χ3v) is 5.71. The average molecular weight is 339 g/mol. The number of piperidine rings is 1. The molecule has 1 aromatic heterocycles. The highest BCUT2D eigenvalue weighted by molar-refractivity contribution is 5.88. The third-order valence-electron chi connectivity index (χ3n) is 5.71. The molecule has 3 heterocycles. The minimum atomic E-state index is -0.434. The van der Waals surface area contributed by atoms with Gasteiger partial charge in [0.2, 0.25) is 5.91 Å². The maximum absolute atomic E-state index is 13.6. The highest BCUT2D eigenvalue weighted by Crippen LogP contribution is 2.38. The average Bonchev–Trinajstić information content (AvgIpc) is 3.24. The molecule has 2 aromatic rings. The van der Waals surface area contributed by atoms with E-state index in [0.29, 0.717) is 19.3 Å². The summed E-state index contributed by atoms with van der Waals surface area (Å²) in [5.41, 5.74) is 0.698. The van der Waals surface area contributed by atoms with Gasteiger partial charge in [-0.25, -0.2) is 4.98 Å². The summed E-state index contributed by atoms with van der Waals surface area (Å²) >= 11 is 0. The molecule has 0 spiro atoms. The number of hydrogen-bond acceptors (Lipinski definition) is 3. The summed E-state index contributed by atoms with van der Waals surface area (Å²) in [6, 6.07) is 10.6. The van der Waals surface area contributed by atoms with Crippen LogP contribution in [0, 0.1) is 0 Å². The van der Waals surface area contributed by atoms with Crippen LogP contribution in [0.3, 0.4) is 0 Å². The van der Waals surface area contributed by atoms with E-state index < -0.39 is 5.41 Å². The predicted molar refractivity (Wildman–Crippen MR) is 95.3 cm³/mol. The number of aromatic nitrogens is 2. The zero-order valence-corrected chi connectivity index (χ0v) is 14.5. The zero-order chi connectivity index (χ0) is 17.1. The number of hydrogen-bond donors (Lipinski definition) is 0.